The van der Waals surface area contributed by atoms with Gasteiger partial charge in [-0.25, -0.2) is 4.98 Å². The maximum atomic E-state index is 10.4. The van der Waals surface area contributed by atoms with Crippen molar-refractivity contribution in [1.29, 1.82) is 0 Å². The minimum atomic E-state index is -0.685. The van der Waals surface area contributed by atoms with Gasteiger partial charge in [0, 0.05) is 32.0 Å². The van der Waals surface area contributed by atoms with Crippen LogP contribution in [0.2, 0.25) is 0 Å². The largest absolute Gasteiger partial charge is 0.491 e. The van der Waals surface area contributed by atoms with Crippen molar-refractivity contribution >= 4 is 5.96 Å². The summed E-state index contributed by atoms with van der Waals surface area (Å²) in [5.74, 6) is 1.44. The maximum absolute atomic E-state index is 10.4. The van der Waals surface area contributed by atoms with Gasteiger partial charge in [0.2, 0.25) is 0 Å². The molecule has 0 saturated heterocycles. The van der Waals surface area contributed by atoms with Gasteiger partial charge in [-0.1, -0.05) is 12.1 Å². The Morgan fingerprint density at radius 3 is 2.88 bits per heavy atom. The van der Waals surface area contributed by atoms with Gasteiger partial charge in [0.05, 0.1) is 25.1 Å². The number of nitrogens with one attached hydrogen (secondary N) is 2. The summed E-state index contributed by atoms with van der Waals surface area (Å²) in [5.41, 5.74) is 0.793. The first-order chi connectivity index (χ1) is 12.6. The number of aromatic nitrogens is 2. The van der Waals surface area contributed by atoms with Gasteiger partial charge >= 0.3 is 0 Å². The van der Waals surface area contributed by atoms with E-state index in [1.807, 2.05) is 55.8 Å². The number of hydrogen-bond donors (Lipinski definition) is 3. The van der Waals surface area contributed by atoms with Gasteiger partial charge in [0.1, 0.15) is 5.75 Å². The van der Waals surface area contributed by atoms with E-state index in [1.54, 1.807) is 12.5 Å². The molecule has 1 aromatic carbocycles. The molecule has 0 aliphatic heterocycles. The van der Waals surface area contributed by atoms with Gasteiger partial charge in [0.15, 0.2) is 5.96 Å². The highest BCUT2D eigenvalue weighted by atomic mass is 16.5. The van der Waals surface area contributed by atoms with Gasteiger partial charge < -0.3 is 25.0 Å². The quantitative estimate of drug-likeness (QED) is 0.471. The second-order valence-corrected chi connectivity index (χ2v) is 6.20. The Hall–Kier alpha value is -2.54. The third kappa shape index (κ3) is 6.76. The molecule has 0 radical (unpaired) electrons. The minimum absolute atomic E-state index is 0.0977. The molecule has 0 aliphatic rings. The van der Waals surface area contributed by atoms with Crippen molar-refractivity contribution in [1.82, 2.24) is 20.2 Å². The summed E-state index contributed by atoms with van der Waals surface area (Å²) in [7, 11) is 0. The van der Waals surface area contributed by atoms with Crippen LogP contribution in [0.3, 0.4) is 0 Å². The van der Waals surface area contributed by atoms with Crippen LogP contribution in [-0.4, -0.2) is 46.4 Å². The van der Waals surface area contributed by atoms with Crippen molar-refractivity contribution in [3.63, 3.8) is 0 Å². The van der Waals surface area contributed by atoms with Gasteiger partial charge in [-0.3, -0.25) is 4.99 Å². The molecule has 2 rings (SSSR count). The lowest BCUT2D eigenvalue weighted by molar-refractivity contribution is 0.185. The van der Waals surface area contributed by atoms with E-state index in [-0.39, 0.29) is 12.6 Å². The van der Waals surface area contributed by atoms with Crippen LogP contribution >= 0.6 is 0 Å². The Balaban J connectivity index is 1.90. The number of aliphatic hydroxyl groups excluding tert-OH is 1. The highest BCUT2D eigenvalue weighted by Gasteiger charge is 2.09. The molecule has 3 N–H and O–H groups in total. The molecular weight excluding hydrogens is 330 g/mol. The molecule has 2 aromatic rings. The number of imidazole rings is 1. The van der Waals surface area contributed by atoms with Crippen molar-refractivity contribution in [2.45, 2.75) is 39.5 Å². The number of benzene rings is 1. The average Bonchev–Trinajstić information content (AvgIpc) is 3.12. The molecule has 0 bridgehead atoms. The highest BCUT2D eigenvalue weighted by molar-refractivity contribution is 5.79. The molecular formula is C19H29N5O2. The van der Waals surface area contributed by atoms with E-state index in [2.05, 4.69) is 20.6 Å². The van der Waals surface area contributed by atoms with Crippen LogP contribution in [0.4, 0.5) is 0 Å². The fraction of sp³-hybridized carbons (Fsp3) is 0.474. The first-order valence-corrected chi connectivity index (χ1v) is 9.01. The van der Waals surface area contributed by atoms with Gasteiger partial charge in [-0.05, 0) is 38.5 Å². The SMILES string of the molecule is CCNC(=NCC(O)c1cccc(OC(C)C)c1)NCCn1ccnc1. The standard InChI is InChI=1S/C19H29N5O2/c1-4-21-19(22-9-11-24-10-8-20-14-24)23-13-18(25)16-6-5-7-17(12-16)26-15(2)3/h5-8,10,12,14-15,18,25H,4,9,11,13H2,1-3H3,(H2,21,22,23). The van der Waals surface area contributed by atoms with E-state index in [1.165, 1.54) is 0 Å². The lowest BCUT2D eigenvalue weighted by Gasteiger charge is -2.15. The van der Waals surface area contributed by atoms with Gasteiger partial charge in [-0.2, -0.15) is 0 Å². The Morgan fingerprint density at radius 1 is 1.35 bits per heavy atom. The molecule has 1 unspecified atom stereocenters. The van der Waals surface area contributed by atoms with Crippen molar-refractivity contribution in [3.8, 4) is 5.75 Å². The monoisotopic (exact) mass is 359 g/mol. The maximum Gasteiger partial charge on any atom is 0.191 e. The van der Waals surface area contributed by atoms with Crippen molar-refractivity contribution in [2.24, 2.45) is 4.99 Å². The van der Waals surface area contributed by atoms with Crippen LogP contribution < -0.4 is 15.4 Å². The number of ether oxygens (including phenoxy) is 1. The summed E-state index contributed by atoms with van der Waals surface area (Å²) in [5, 5.41) is 16.9. The molecule has 142 valence electrons. The molecule has 7 nitrogen and oxygen atoms in total. The predicted octanol–water partition coefficient (Wildman–Crippen LogP) is 1.96. The summed E-state index contributed by atoms with van der Waals surface area (Å²) < 4.78 is 7.67. The van der Waals surface area contributed by atoms with Crippen LogP contribution in [0.5, 0.6) is 5.75 Å². The molecule has 0 spiro atoms. The number of rotatable bonds is 9. The first-order valence-electron chi connectivity index (χ1n) is 9.01. The molecule has 26 heavy (non-hydrogen) atoms. The lowest BCUT2D eigenvalue weighted by Crippen LogP contribution is -2.39. The molecule has 1 heterocycles. The first kappa shape index (κ1) is 19.8. The molecule has 0 fully saturated rings. The van der Waals surface area contributed by atoms with E-state index >= 15 is 0 Å². The number of nitrogens with zero attached hydrogens (tertiary/aromatic N) is 3. The van der Waals surface area contributed by atoms with Gasteiger partial charge in [-0.15, -0.1) is 0 Å². The molecule has 7 heteroatoms. The fourth-order valence-corrected chi connectivity index (χ4v) is 2.41. The molecule has 1 atom stereocenters. The zero-order chi connectivity index (χ0) is 18.8. The third-order valence-electron chi connectivity index (χ3n) is 3.60. The van der Waals surface area contributed by atoms with Crippen molar-refractivity contribution < 1.29 is 9.84 Å². The molecule has 1 aromatic heterocycles. The van der Waals surface area contributed by atoms with Crippen LogP contribution in [0.15, 0.2) is 48.0 Å². The van der Waals surface area contributed by atoms with E-state index in [0.29, 0.717) is 5.96 Å². The second kappa shape index (κ2) is 10.5. The summed E-state index contributed by atoms with van der Waals surface area (Å²) >= 11 is 0. The van der Waals surface area contributed by atoms with Crippen molar-refractivity contribution in [3.05, 3.63) is 48.5 Å². The van der Waals surface area contributed by atoms with Gasteiger partial charge in [0.25, 0.3) is 0 Å². The summed E-state index contributed by atoms with van der Waals surface area (Å²) in [6.07, 6.45) is 4.87. The Kier molecular flexibility index (Phi) is 7.95. The number of aliphatic hydroxyl groups is 1. The molecule has 0 amide bonds. The highest BCUT2D eigenvalue weighted by Crippen LogP contribution is 2.20. The van der Waals surface area contributed by atoms with Crippen LogP contribution in [0.1, 0.15) is 32.4 Å². The third-order valence-corrected chi connectivity index (χ3v) is 3.60. The fourth-order valence-electron chi connectivity index (χ4n) is 2.41. The van der Waals surface area contributed by atoms with E-state index in [9.17, 15) is 5.11 Å². The zero-order valence-electron chi connectivity index (χ0n) is 15.7. The molecule has 0 saturated carbocycles. The van der Waals surface area contributed by atoms with E-state index in [4.69, 9.17) is 4.74 Å². The topological polar surface area (TPSA) is 83.7 Å². The second-order valence-electron chi connectivity index (χ2n) is 6.20. The lowest BCUT2D eigenvalue weighted by atomic mass is 10.1. The smallest absolute Gasteiger partial charge is 0.191 e. The Labute approximate surface area is 155 Å². The summed E-state index contributed by atoms with van der Waals surface area (Å²) in [4.78, 5) is 8.50. The van der Waals surface area contributed by atoms with Crippen LogP contribution in [0, 0.1) is 0 Å². The van der Waals surface area contributed by atoms with Crippen molar-refractivity contribution in [2.75, 3.05) is 19.6 Å². The number of aliphatic imine (C=N–C) groups is 1. The Morgan fingerprint density at radius 2 is 2.19 bits per heavy atom. The van der Waals surface area contributed by atoms with E-state index < -0.39 is 6.10 Å². The van der Waals surface area contributed by atoms with E-state index in [0.717, 1.165) is 30.9 Å². The minimum Gasteiger partial charge on any atom is -0.491 e. The predicted molar refractivity (Wildman–Crippen MR) is 103 cm³/mol. The average molecular weight is 359 g/mol. The zero-order valence-corrected chi connectivity index (χ0v) is 15.7. The number of guanidine groups is 1. The van der Waals surface area contributed by atoms with Crippen LogP contribution in [-0.2, 0) is 6.54 Å². The molecule has 0 aliphatic carbocycles. The normalized spacial score (nSPS) is 12.9. The Bertz CT molecular complexity index is 670. The number of hydrogen-bond acceptors (Lipinski definition) is 4. The summed E-state index contributed by atoms with van der Waals surface area (Å²) in [6, 6.07) is 7.52. The summed E-state index contributed by atoms with van der Waals surface area (Å²) in [6.45, 7) is 8.50. The van der Waals surface area contributed by atoms with Crippen LogP contribution in [0.25, 0.3) is 0 Å².